The summed E-state index contributed by atoms with van der Waals surface area (Å²) < 4.78 is 10.9. The van der Waals surface area contributed by atoms with Crippen molar-refractivity contribution in [2.75, 3.05) is 19.0 Å². The van der Waals surface area contributed by atoms with Gasteiger partial charge in [-0.05, 0) is 30.7 Å². The molecule has 2 rings (SSSR count). The van der Waals surface area contributed by atoms with Crippen LogP contribution < -0.4 is 14.8 Å². The molecule has 0 aromatic heterocycles. The highest BCUT2D eigenvalue weighted by molar-refractivity contribution is 6.32. The van der Waals surface area contributed by atoms with E-state index in [1.54, 1.807) is 7.11 Å². The monoisotopic (exact) mass is 305 g/mol. The first-order chi connectivity index (χ1) is 10.2. The third kappa shape index (κ3) is 4.30. The van der Waals surface area contributed by atoms with Crippen LogP contribution in [0.4, 0.5) is 5.69 Å². The summed E-state index contributed by atoms with van der Waals surface area (Å²) in [5.41, 5.74) is 2.05. The fraction of sp³-hybridized carbons (Fsp3) is 0.294. The zero-order valence-corrected chi connectivity index (χ0v) is 13.1. The number of benzene rings is 2. The van der Waals surface area contributed by atoms with E-state index in [0.717, 1.165) is 29.2 Å². The minimum absolute atomic E-state index is 0.619. The fourth-order valence-corrected chi connectivity index (χ4v) is 2.22. The molecular weight excluding hydrogens is 286 g/mol. The molecule has 2 aromatic carbocycles. The molecule has 0 saturated carbocycles. The van der Waals surface area contributed by atoms with Gasteiger partial charge in [-0.2, -0.15) is 0 Å². The quantitative estimate of drug-likeness (QED) is 0.800. The highest BCUT2D eigenvalue weighted by Gasteiger charge is 2.05. The zero-order valence-electron chi connectivity index (χ0n) is 12.4. The second-order valence-electron chi connectivity index (χ2n) is 4.66. The maximum Gasteiger partial charge on any atom is 0.138 e. The van der Waals surface area contributed by atoms with Crippen LogP contribution in [0.5, 0.6) is 11.5 Å². The van der Waals surface area contributed by atoms with Crippen LogP contribution in [0.1, 0.15) is 18.9 Å². The molecule has 1 N–H and O–H groups in total. The van der Waals surface area contributed by atoms with Gasteiger partial charge in [-0.1, -0.05) is 36.7 Å². The lowest BCUT2D eigenvalue weighted by molar-refractivity contribution is 0.317. The number of hydrogen-bond donors (Lipinski definition) is 1. The van der Waals surface area contributed by atoms with Crippen molar-refractivity contribution in [3.05, 3.63) is 53.1 Å². The SMILES string of the molecule is CCCOc1ccc(NCc2ccccc2OC)cc1Cl. The molecule has 0 unspecified atom stereocenters. The van der Waals surface area contributed by atoms with Crippen LogP contribution in [0.3, 0.4) is 0 Å². The Morgan fingerprint density at radius 3 is 2.62 bits per heavy atom. The zero-order chi connectivity index (χ0) is 15.1. The number of rotatable bonds is 7. The van der Waals surface area contributed by atoms with Crippen molar-refractivity contribution >= 4 is 17.3 Å². The van der Waals surface area contributed by atoms with Gasteiger partial charge in [0.1, 0.15) is 11.5 Å². The maximum absolute atomic E-state index is 6.22. The minimum Gasteiger partial charge on any atom is -0.496 e. The van der Waals surface area contributed by atoms with Gasteiger partial charge < -0.3 is 14.8 Å². The van der Waals surface area contributed by atoms with Crippen LogP contribution in [0.25, 0.3) is 0 Å². The van der Waals surface area contributed by atoms with Gasteiger partial charge in [-0.25, -0.2) is 0 Å². The molecule has 112 valence electrons. The second-order valence-corrected chi connectivity index (χ2v) is 5.07. The molecule has 0 aliphatic heterocycles. The van der Waals surface area contributed by atoms with Crippen LogP contribution in [-0.4, -0.2) is 13.7 Å². The first-order valence-electron chi connectivity index (χ1n) is 7.02. The van der Waals surface area contributed by atoms with Gasteiger partial charge >= 0.3 is 0 Å². The Labute approximate surface area is 130 Å². The molecule has 2 aromatic rings. The first kappa shape index (κ1) is 15.5. The van der Waals surface area contributed by atoms with E-state index in [9.17, 15) is 0 Å². The van der Waals surface area contributed by atoms with E-state index in [2.05, 4.69) is 12.2 Å². The molecule has 21 heavy (non-hydrogen) atoms. The Morgan fingerprint density at radius 1 is 1.10 bits per heavy atom. The summed E-state index contributed by atoms with van der Waals surface area (Å²) in [5, 5.41) is 3.96. The molecular formula is C17H20ClNO2. The Kier molecular flexibility index (Phi) is 5.76. The van der Waals surface area contributed by atoms with E-state index in [1.807, 2.05) is 42.5 Å². The molecule has 0 amide bonds. The van der Waals surface area contributed by atoms with Gasteiger partial charge in [0.2, 0.25) is 0 Å². The molecule has 0 atom stereocenters. The predicted octanol–water partition coefficient (Wildman–Crippen LogP) is 4.75. The van der Waals surface area contributed by atoms with E-state index >= 15 is 0 Å². The van der Waals surface area contributed by atoms with Crippen molar-refractivity contribution < 1.29 is 9.47 Å². The molecule has 0 radical (unpaired) electrons. The first-order valence-corrected chi connectivity index (χ1v) is 7.40. The molecule has 0 heterocycles. The van der Waals surface area contributed by atoms with E-state index in [0.29, 0.717) is 18.2 Å². The molecule has 3 nitrogen and oxygen atoms in total. The standard InChI is InChI=1S/C17H20ClNO2/c1-3-10-21-17-9-8-14(11-15(17)18)19-12-13-6-4-5-7-16(13)20-2/h4-9,11,19H,3,10,12H2,1-2H3. The summed E-state index contributed by atoms with van der Waals surface area (Å²) in [4.78, 5) is 0. The van der Waals surface area contributed by atoms with Crippen LogP contribution in [0.15, 0.2) is 42.5 Å². The van der Waals surface area contributed by atoms with Gasteiger partial charge in [0.15, 0.2) is 0 Å². The topological polar surface area (TPSA) is 30.5 Å². The van der Waals surface area contributed by atoms with Gasteiger partial charge in [0, 0.05) is 17.8 Å². The summed E-state index contributed by atoms with van der Waals surface area (Å²) in [7, 11) is 1.68. The Balaban J connectivity index is 2.02. The van der Waals surface area contributed by atoms with Gasteiger partial charge in [-0.3, -0.25) is 0 Å². The normalized spacial score (nSPS) is 10.2. The third-order valence-corrected chi connectivity index (χ3v) is 3.36. The molecule has 0 bridgehead atoms. The lowest BCUT2D eigenvalue weighted by Gasteiger charge is -2.12. The maximum atomic E-state index is 6.22. The Bertz CT molecular complexity index is 587. The molecule has 4 heteroatoms. The molecule has 0 aliphatic carbocycles. The highest BCUT2D eigenvalue weighted by atomic mass is 35.5. The predicted molar refractivity (Wildman–Crippen MR) is 87.6 cm³/mol. The Hall–Kier alpha value is -1.87. The number of para-hydroxylation sites is 1. The summed E-state index contributed by atoms with van der Waals surface area (Å²) in [6, 6.07) is 13.7. The van der Waals surface area contributed by atoms with Crippen LogP contribution >= 0.6 is 11.6 Å². The summed E-state index contributed by atoms with van der Waals surface area (Å²) in [6.07, 6.45) is 0.962. The molecule has 0 spiro atoms. The fourth-order valence-electron chi connectivity index (χ4n) is 1.99. The number of hydrogen-bond acceptors (Lipinski definition) is 3. The van der Waals surface area contributed by atoms with Crippen molar-refractivity contribution in [3.63, 3.8) is 0 Å². The van der Waals surface area contributed by atoms with E-state index in [4.69, 9.17) is 21.1 Å². The average Bonchev–Trinajstić information content (AvgIpc) is 2.52. The summed E-state index contributed by atoms with van der Waals surface area (Å²) in [6.45, 7) is 3.42. The summed E-state index contributed by atoms with van der Waals surface area (Å²) in [5.74, 6) is 1.60. The van der Waals surface area contributed by atoms with E-state index in [1.165, 1.54) is 0 Å². The van der Waals surface area contributed by atoms with E-state index < -0.39 is 0 Å². The lowest BCUT2D eigenvalue weighted by atomic mass is 10.2. The second kappa shape index (κ2) is 7.79. The average molecular weight is 306 g/mol. The van der Waals surface area contributed by atoms with Gasteiger partial charge in [0.25, 0.3) is 0 Å². The van der Waals surface area contributed by atoms with Crippen LogP contribution in [0.2, 0.25) is 5.02 Å². The van der Waals surface area contributed by atoms with Crippen molar-refractivity contribution in [3.8, 4) is 11.5 Å². The van der Waals surface area contributed by atoms with Crippen LogP contribution in [0, 0.1) is 0 Å². The van der Waals surface area contributed by atoms with Crippen molar-refractivity contribution in [1.29, 1.82) is 0 Å². The number of halogens is 1. The number of anilines is 1. The third-order valence-electron chi connectivity index (χ3n) is 3.07. The largest absolute Gasteiger partial charge is 0.496 e. The Morgan fingerprint density at radius 2 is 1.90 bits per heavy atom. The van der Waals surface area contributed by atoms with Crippen molar-refractivity contribution in [1.82, 2.24) is 0 Å². The number of nitrogens with one attached hydrogen (secondary N) is 1. The van der Waals surface area contributed by atoms with Gasteiger partial charge in [-0.15, -0.1) is 0 Å². The number of methoxy groups -OCH3 is 1. The van der Waals surface area contributed by atoms with Gasteiger partial charge in [0.05, 0.1) is 18.7 Å². The number of ether oxygens (including phenoxy) is 2. The molecule has 0 aliphatic rings. The lowest BCUT2D eigenvalue weighted by Crippen LogP contribution is -2.02. The minimum atomic E-state index is 0.619. The van der Waals surface area contributed by atoms with Crippen LogP contribution in [-0.2, 0) is 6.54 Å². The van der Waals surface area contributed by atoms with E-state index in [-0.39, 0.29) is 0 Å². The summed E-state index contributed by atoms with van der Waals surface area (Å²) >= 11 is 6.22. The van der Waals surface area contributed by atoms with Crippen molar-refractivity contribution in [2.24, 2.45) is 0 Å². The highest BCUT2D eigenvalue weighted by Crippen LogP contribution is 2.28. The molecule has 0 fully saturated rings. The smallest absolute Gasteiger partial charge is 0.138 e. The van der Waals surface area contributed by atoms with Crippen molar-refractivity contribution in [2.45, 2.75) is 19.9 Å². The molecule has 0 saturated heterocycles.